The summed E-state index contributed by atoms with van der Waals surface area (Å²) < 4.78 is 13.4. The van der Waals surface area contributed by atoms with E-state index in [1.807, 2.05) is 6.07 Å². The molecule has 0 spiro atoms. The summed E-state index contributed by atoms with van der Waals surface area (Å²) in [5.41, 5.74) is 5.79. The highest BCUT2D eigenvalue weighted by Gasteiger charge is 2.07. The Labute approximate surface area is 114 Å². The Bertz CT molecular complexity index is 575. The van der Waals surface area contributed by atoms with Crippen LogP contribution < -0.4 is 5.32 Å². The molecule has 0 atom stereocenters. The average Bonchev–Trinajstić information content (AvgIpc) is 2.40. The zero-order chi connectivity index (χ0) is 13.8. The maximum atomic E-state index is 13.4. The monoisotopic (exact) mass is 257 g/mol. The van der Waals surface area contributed by atoms with Gasteiger partial charge in [-0.2, -0.15) is 0 Å². The van der Waals surface area contributed by atoms with Crippen molar-refractivity contribution in [3.05, 3.63) is 58.9 Å². The summed E-state index contributed by atoms with van der Waals surface area (Å²) in [6, 6.07) is 11.4. The van der Waals surface area contributed by atoms with Crippen molar-refractivity contribution in [3.8, 4) is 11.1 Å². The topological polar surface area (TPSA) is 12.0 Å². The lowest BCUT2D eigenvalue weighted by Crippen LogP contribution is -2.12. The van der Waals surface area contributed by atoms with Gasteiger partial charge in [-0.3, -0.25) is 0 Å². The van der Waals surface area contributed by atoms with Gasteiger partial charge in [-0.25, -0.2) is 4.39 Å². The number of hydrogen-bond donors (Lipinski definition) is 1. The summed E-state index contributed by atoms with van der Waals surface area (Å²) in [7, 11) is 0. The first-order chi connectivity index (χ1) is 9.11. The number of rotatable bonds is 4. The lowest BCUT2D eigenvalue weighted by atomic mass is 9.96. The number of halogens is 1. The summed E-state index contributed by atoms with van der Waals surface area (Å²) in [6.45, 7) is 7.82. The molecular weight excluding hydrogens is 237 g/mol. The molecule has 19 heavy (non-hydrogen) atoms. The predicted molar refractivity (Wildman–Crippen MR) is 78.7 cm³/mol. The molecule has 2 rings (SSSR count). The number of benzene rings is 2. The highest BCUT2D eigenvalue weighted by molar-refractivity contribution is 5.68. The Morgan fingerprint density at radius 2 is 1.79 bits per heavy atom. The van der Waals surface area contributed by atoms with Crippen LogP contribution in [0.5, 0.6) is 0 Å². The summed E-state index contributed by atoms with van der Waals surface area (Å²) in [4.78, 5) is 0. The van der Waals surface area contributed by atoms with E-state index in [9.17, 15) is 4.39 Å². The average molecular weight is 257 g/mol. The molecule has 1 nitrogen and oxygen atoms in total. The van der Waals surface area contributed by atoms with Crippen LogP contribution in [0.2, 0.25) is 0 Å². The van der Waals surface area contributed by atoms with E-state index in [4.69, 9.17) is 0 Å². The summed E-state index contributed by atoms with van der Waals surface area (Å²) in [5.74, 6) is -0.180. The van der Waals surface area contributed by atoms with Gasteiger partial charge < -0.3 is 5.32 Å². The van der Waals surface area contributed by atoms with Crippen molar-refractivity contribution in [1.82, 2.24) is 5.32 Å². The largest absolute Gasteiger partial charge is 0.313 e. The molecule has 0 saturated carbocycles. The summed E-state index contributed by atoms with van der Waals surface area (Å²) in [5, 5.41) is 3.26. The van der Waals surface area contributed by atoms with Gasteiger partial charge in [0.25, 0.3) is 0 Å². The van der Waals surface area contributed by atoms with Gasteiger partial charge >= 0.3 is 0 Å². The third-order valence-corrected chi connectivity index (χ3v) is 3.45. The molecule has 2 aromatic rings. The van der Waals surface area contributed by atoms with Crippen molar-refractivity contribution < 1.29 is 4.39 Å². The first-order valence-corrected chi connectivity index (χ1v) is 6.68. The lowest BCUT2D eigenvalue weighted by Gasteiger charge is -2.12. The number of hydrogen-bond acceptors (Lipinski definition) is 1. The molecule has 0 fully saturated rings. The molecule has 0 heterocycles. The van der Waals surface area contributed by atoms with Crippen LogP contribution in [0.3, 0.4) is 0 Å². The van der Waals surface area contributed by atoms with Crippen molar-refractivity contribution in [2.24, 2.45) is 0 Å². The van der Waals surface area contributed by atoms with Crippen LogP contribution in [-0.2, 0) is 6.54 Å². The van der Waals surface area contributed by atoms with Crippen molar-refractivity contribution >= 4 is 0 Å². The Kier molecular flexibility index (Phi) is 4.33. The first kappa shape index (κ1) is 13.8. The fourth-order valence-corrected chi connectivity index (χ4v) is 2.16. The summed E-state index contributed by atoms with van der Waals surface area (Å²) >= 11 is 0. The Morgan fingerprint density at radius 1 is 1.00 bits per heavy atom. The van der Waals surface area contributed by atoms with Crippen LogP contribution >= 0.6 is 0 Å². The Balaban J connectivity index is 2.45. The normalized spacial score (nSPS) is 10.7. The second kappa shape index (κ2) is 5.98. The zero-order valence-electron chi connectivity index (χ0n) is 11.8. The van der Waals surface area contributed by atoms with E-state index in [1.165, 1.54) is 17.2 Å². The zero-order valence-corrected chi connectivity index (χ0v) is 11.8. The SMILES string of the molecule is CCNCc1cc(F)ccc1-c1ccc(C)c(C)c1. The van der Waals surface area contributed by atoms with Gasteiger partial charge in [-0.05, 0) is 60.3 Å². The molecule has 2 aromatic carbocycles. The molecule has 0 amide bonds. The highest BCUT2D eigenvalue weighted by atomic mass is 19.1. The highest BCUT2D eigenvalue weighted by Crippen LogP contribution is 2.26. The van der Waals surface area contributed by atoms with E-state index < -0.39 is 0 Å². The van der Waals surface area contributed by atoms with E-state index in [1.54, 1.807) is 6.07 Å². The van der Waals surface area contributed by atoms with Crippen LogP contribution in [-0.4, -0.2) is 6.54 Å². The van der Waals surface area contributed by atoms with Gasteiger partial charge in [0, 0.05) is 6.54 Å². The van der Waals surface area contributed by atoms with Crippen LogP contribution in [0.25, 0.3) is 11.1 Å². The van der Waals surface area contributed by atoms with Crippen molar-refractivity contribution in [1.29, 1.82) is 0 Å². The minimum Gasteiger partial charge on any atom is -0.313 e. The lowest BCUT2D eigenvalue weighted by molar-refractivity contribution is 0.622. The first-order valence-electron chi connectivity index (χ1n) is 6.68. The second-order valence-corrected chi connectivity index (χ2v) is 4.88. The van der Waals surface area contributed by atoms with E-state index in [2.05, 4.69) is 44.3 Å². The van der Waals surface area contributed by atoms with E-state index in [-0.39, 0.29) is 5.82 Å². The molecule has 0 saturated heterocycles. The fourth-order valence-electron chi connectivity index (χ4n) is 2.16. The molecule has 0 radical (unpaired) electrons. The third kappa shape index (κ3) is 3.21. The molecule has 0 unspecified atom stereocenters. The predicted octanol–water partition coefficient (Wildman–Crippen LogP) is 4.22. The second-order valence-electron chi connectivity index (χ2n) is 4.88. The van der Waals surface area contributed by atoms with E-state index >= 15 is 0 Å². The van der Waals surface area contributed by atoms with Gasteiger partial charge in [0.05, 0.1) is 0 Å². The standard InChI is InChI=1S/C17H20FN/c1-4-19-11-15-10-16(18)7-8-17(15)14-6-5-12(2)13(3)9-14/h5-10,19H,4,11H2,1-3H3. The van der Waals surface area contributed by atoms with Crippen LogP contribution in [0.15, 0.2) is 36.4 Å². The Morgan fingerprint density at radius 3 is 2.47 bits per heavy atom. The van der Waals surface area contributed by atoms with Crippen molar-refractivity contribution in [3.63, 3.8) is 0 Å². The van der Waals surface area contributed by atoms with Gasteiger partial charge in [0.1, 0.15) is 5.82 Å². The quantitative estimate of drug-likeness (QED) is 0.864. The molecular formula is C17H20FN. The van der Waals surface area contributed by atoms with Crippen molar-refractivity contribution in [2.45, 2.75) is 27.3 Å². The molecule has 0 bridgehead atoms. The van der Waals surface area contributed by atoms with Crippen molar-refractivity contribution in [2.75, 3.05) is 6.54 Å². The van der Waals surface area contributed by atoms with E-state index in [0.29, 0.717) is 6.54 Å². The van der Waals surface area contributed by atoms with Crippen LogP contribution in [0.4, 0.5) is 4.39 Å². The fraction of sp³-hybridized carbons (Fsp3) is 0.294. The molecule has 0 aliphatic rings. The number of aryl methyl sites for hydroxylation is 2. The molecule has 0 aliphatic carbocycles. The maximum Gasteiger partial charge on any atom is 0.123 e. The molecule has 0 aliphatic heterocycles. The van der Waals surface area contributed by atoms with Gasteiger partial charge in [0.2, 0.25) is 0 Å². The third-order valence-electron chi connectivity index (χ3n) is 3.45. The van der Waals surface area contributed by atoms with Gasteiger partial charge in [0.15, 0.2) is 0 Å². The minimum absolute atomic E-state index is 0.180. The smallest absolute Gasteiger partial charge is 0.123 e. The molecule has 2 heteroatoms. The van der Waals surface area contributed by atoms with Gasteiger partial charge in [-0.1, -0.05) is 31.2 Å². The summed E-state index contributed by atoms with van der Waals surface area (Å²) in [6.07, 6.45) is 0. The molecule has 1 N–H and O–H groups in total. The van der Waals surface area contributed by atoms with Crippen LogP contribution in [0.1, 0.15) is 23.6 Å². The van der Waals surface area contributed by atoms with Gasteiger partial charge in [-0.15, -0.1) is 0 Å². The molecule has 100 valence electrons. The maximum absolute atomic E-state index is 13.4. The van der Waals surface area contributed by atoms with E-state index in [0.717, 1.165) is 23.2 Å². The number of nitrogens with one attached hydrogen (secondary N) is 1. The minimum atomic E-state index is -0.180. The van der Waals surface area contributed by atoms with Crippen LogP contribution in [0, 0.1) is 19.7 Å². The Hall–Kier alpha value is -1.67. The molecule has 0 aromatic heterocycles.